The number of rotatable bonds is 5. The van der Waals surface area contributed by atoms with Crippen LogP contribution in [0.3, 0.4) is 0 Å². The van der Waals surface area contributed by atoms with Gasteiger partial charge in [0.15, 0.2) is 0 Å². The second kappa shape index (κ2) is 8.21. The first-order valence-corrected chi connectivity index (χ1v) is 9.21. The maximum atomic E-state index is 4.36. The van der Waals surface area contributed by atoms with E-state index in [2.05, 4.69) is 80.4 Å². The lowest BCUT2D eigenvalue weighted by Gasteiger charge is -2.39. The number of hydrogen-bond donors (Lipinski definition) is 0. The zero-order chi connectivity index (χ0) is 17.6. The zero-order valence-electron chi connectivity index (χ0n) is 14.9. The van der Waals surface area contributed by atoms with Gasteiger partial charge in [-0.3, -0.25) is 9.80 Å². The van der Waals surface area contributed by atoms with Gasteiger partial charge >= 0.3 is 0 Å². The highest BCUT2D eigenvalue weighted by atomic mass is 15.3. The summed E-state index contributed by atoms with van der Waals surface area (Å²) in [6.07, 6.45) is 3.45. The van der Waals surface area contributed by atoms with Gasteiger partial charge in [0.25, 0.3) is 0 Å². The topological polar surface area (TPSA) is 32.3 Å². The van der Waals surface area contributed by atoms with Gasteiger partial charge in [-0.2, -0.15) is 0 Å². The SMILES string of the molecule is c1ccc(C(c2ccccc2)N2CCN(Cc3ccncn3)CC2)cc1. The molecule has 0 unspecified atom stereocenters. The Hall–Kier alpha value is -2.56. The molecular weight excluding hydrogens is 320 g/mol. The lowest BCUT2D eigenvalue weighted by Crippen LogP contribution is -2.47. The minimum atomic E-state index is 0.318. The third-order valence-electron chi connectivity index (χ3n) is 5.03. The van der Waals surface area contributed by atoms with Crippen LogP contribution >= 0.6 is 0 Å². The van der Waals surface area contributed by atoms with E-state index in [1.807, 2.05) is 12.3 Å². The first-order valence-electron chi connectivity index (χ1n) is 9.21. The van der Waals surface area contributed by atoms with Crippen molar-refractivity contribution in [3.8, 4) is 0 Å². The molecule has 0 spiro atoms. The molecule has 0 N–H and O–H groups in total. The normalized spacial score (nSPS) is 16.0. The number of aromatic nitrogens is 2. The molecule has 2 heterocycles. The van der Waals surface area contributed by atoms with Gasteiger partial charge in [-0.1, -0.05) is 60.7 Å². The van der Waals surface area contributed by atoms with E-state index in [4.69, 9.17) is 0 Å². The van der Waals surface area contributed by atoms with Gasteiger partial charge in [-0.25, -0.2) is 9.97 Å². The predicted octanol–water partition coefficient (Wildman–Crippen LogP) is 3.38. The first-order chi connectivity index (χ1) is 12.9. The molecule has 1 aliphatic heterocycles. The van der Waals surface area contributed by atoms with Crippen LogP contribution in [0.25, 0.3) is 0 Å². The van der Waals surface area contributed by atoms with Crippen molar-refractivity contribution >= 4 is 0 Å². The molecule has 1 aliphatic rings. The van der Waals surface area contributed by atoms with Gasteiger partial charge < -0.3 is 0 Å². The average molecular weight is 344 g/mol. The van der Waals surface area contributed by atoms with Crippen LogP contribution in [0.15, 0.2) is 79.3 Å². The summed E-state index contributed by atoms with van der Waals surface area (Å²) >= 11 is 0. The maximum Gasteiger partial charge on any atom is 0.115 e. The van der Waals surface area contributed by atoms with E-state index >= 15 is 0 Å². The Labute approximate surface area is 155 Å². The highest BCUT2D eigenvalue weighted by molar-refractivity contribution is 5.31. The molecule has 4 rings (SSSR count). The number of benzene rings is 2. The molecule has 1 fully saturated rings. The van der Waals surface area contributed by atoms with E-state index in [1.165, 1.54) is 11.1 Å². The van der Waals surface area contributed by atoms with Gasteiger partial charge in [0.1, 0.15) is 6.33 Å². The monoisotopic (exact) mass is 344 g/mol. The molecule has 0 saturated carbocycles. The van der Waals surface area contributed by atoms with E-state index in [9.17, 15) is 0 Å². The largest absolute Gasteiger partial charge is 0.295 e. The average Bonchev–Trinajstić information content (AvgIpc) is 2.72. The third kappa shape index (κ3) is 3.98. The molecule has 0 radical (unpaired) electrons. The molecule has 0 bridgehead atoms. The number of hydrogen-bond acceptors (Lipinski definition) is 4. The van der Waals surface area contributed by atoms with Crippen LogP contribution in [0.1, 0.15) is 22.9 Å². The fourth-order valence-corrected chi connectivity index (χ4v) is 3.71. The van der Waals surface area contributed by atoms with Crippen LogP contribution in [0.4, 0.5) is 0 Å². The number of nitrogens with zero attached hydrogens (tertiary/aromatic N) is 4. The fourth-order valence-electron chi connectivity index (χ4n) is 3.71. The van der Waals surface area contributed by atoms with Crippen molar-refractivity contribution in [3.63, 3.8) is 0 Å². The Bertz CT molecular complexity index is 745. The van der Waals surface area contributed by atoms with Crippen LogP contribution in [0, 0.1) is 0 Å². The van der Waals surface area contributed by atoms with Gasteiger partial charge in [0.05, 0.1) is 11.7 Å². The predicted molar refractivity (Wildman–Crippen MR) is 104 cm³/mol. The van der Waals surface area contributed by atoms with Gasteiger partial charge in [0, 0.05) is 38.9 Å². The molecule has 4 nitrogen and oxygen atoms in total. The summed E-state index contributed by atoms with van der Waals surface area (Å²) in [6.45, 7) is 5.12. The summed E-state index contributed by atoms with van der Waals surface area (Å²) in [6, 6.07) is 24.0. The van der Waals surface area contributed by atoms with Gasteiger partial charge in [0.2, 0.25) is 0 Å². The van der Waals surface area contributed by atoms with Crippen LogP contribution in [-0.2, 0) is 6.54 Å². The molecule has 1 saturated heterocycles. The zero-order valence-corrected chi connectivity index (χ0v) is 14.9. The molecular formula is C22H24N4. The fraction of sp³-hybridized carbons (Fsp3) is 0.273. The summed E-state index contributed by atoms with van der Waals surface area (Å²) in [5, 5.41) is 0. The Balaban J connectivity index is 1.48. The lowest BCUT2D eigenvalue weighted by molar-refractivity contribution is 0.104. The first kappa shape index (κ1) is 16.9. The molecule has 1 aromatic heterocycles. The Morgan fingerprint density at radius 1 is 0.769 bits per heavy atom. The molecule has 132 valence electrons. The van der Waals surface area contributed by atoms with Crippen molar-refractivity contribution in [3.05, 3.63) is 96.1 Å². The quantitative estimate of drug-likeness (QED) is 0.710. The van der Waals surface area contributed by atoms with Crippen LogP contribution in [0.2, 0.25) is 0 Å². The summed E-state index contributed by atoms with van der Waals surface area (Å²) < 4.78 is 0. The van der Waals surface area contributed by atoms with E-state index in [-0.39, 0.29) is 0 Å². The van der Waals surface area contributed by atoms with E-state index in [0.717, 1.165) is 38.4 Å². The highest BCUT2D eigenvalue weighted by Crippen LogP contribution is 2.29. The second-order valence-electron chi connectivity index (χ2n) is 6.74. The Morgan fingerprint density at radius 3 is 1.92 bits per heavy atom. The third-order valence-corrected chi connectivity index (χ3v) is 5.03. The Kier molecular flexibility index (Phi) is 5.33. The van der Waals surface area contributed by atoms with Gasteiger partial charge in [-0.05, 0) is 17.2 Å². The second-order valence-corrected chi connectivity index (χ2v) is 6.74. The molecule has 0 amide bonds. The van der Waals surface area contributed by atoms with Crippen LogP contribution in [-0.4, -0.2) is 45.9 Å². The molecule has 4 heteroatoms. The number of piperazine rings is 1. The summed E-state index contributed by atoms with van der Waals surface area (Å²) in [5.74, 6) is 0. The lowest BCUT2D eigenvalue weighted by atomic mass is 9.96. The van der Waals surface area contributed by atoms with E-state index in [1.54, 1.807) is 6.33 Å². The minimum absolute atomic E-state index is 0.318. The maximum absolute atomic E-state index is 4.36. The van der Waals surface area contributed by atoms with Crippen molar-refractivity contribution in [1.82, 2.24) is 19.8 Å². The molecule has 3 aromatic rings. The molecule has 0 aliphatic carbocycles. The summed E-state index contributed by atoms with van der Waals surface area (Å²) in [7, 11) is 0. The van der Waals surface area contributed by atoms with Gasteiger partial charge in [-0.15, -0.1) is 0 Å². The van der Waals surface area contributed by atoms with E-state index < -0.39 is 0 Å². The van der Waals surface area contributed by atoms with Crippen molar-refractivity contribution in [2.75, 3.05) is 26.2 Å². The Morgan fingerprint density at radius 2 is 1.38 bits per heavy atom. The van der Waals surface area contributed by atoms with Crippen LogP contribution < -0.4 is 0 Å². The molecule has 0 atom stereocenters. The standard InChI is InChI=1S/C22H24N4/c1-3-7-19(8-4-1)22(20-9-5-2-6-10-20)26-15-13-25(14-16-26)17-21-11-12-23-18-24-21/h1-12,18,22H,13-17H2. The van der Waals surface area contributed by atoms with Crippen LogP contribution in [0.5, 0.6) is 0 Å². The molecule has 2 aromatic carbocycles. The minimum Gasteiger partial charge on any atom is -0.295 e. The molecule has 26 heavy (non-hydrogen) atoms. The van der Waals surface area contributed by atoms with Crippen molar-refractivity contribution in [2.45, 2.75) is 12.6 Å². The highest BCUT2D eigenvalue weighted by Gasteiger charge is 2.26. The van der Waals surface area contributed by atoms with Crippen molar-refractivity contribution in [2.24, 2.45) is 0 Å². The smallest absolute Gasteiger partial charge is 0.115 e. The summed E-state index contributed by atoms with van der Waals surface area (Å²) in [4.78, 5) is 13.4. The van der Waals surface area contributed by atoms with E-state index in [0.29, 0.717) is 6.04 Å². The van der Waals surface area contributed by atoms with Crippen molar-refractivity contribution in [1.29, 1.82) is 0 Å². The summed E-state index contributed by atoms with van der Waals surface area (Å²) in [5.41, 5.74) is 3.82. The van der Waals surface area contributed by atoms with Crippen molar-refractivity contribution < 1.29 is 0 Å².